The highest BCUT2D eigenvalue weighted by Gasteiger charge is 2.28. The molecule has 1 aliphatic heterocycles. The minimum atomic E-state index is -3.82. The van der Waals surface area contributed by atoms with Crippen molar-refractivity contribution in [3.05, 3.63) is 58.6 Å². The summed E-state index contributed by atoms with van der Waals surface area (Å²) in [6, 6.07) is 11.9. The van der Waals surface area contributed by atoms with Crippen LogP contribution in [-0.4, -0.2) is 63.0 Å². The van der Waals surface area contributed by atoms with E-state index in [9.17, 15) is 13.2 Å². The van der Waals surface area contributed by atoms with Crippen molar-refractivity contribution in [1.29, 1.82) is 0 Å². The maximum Gasteiger partial charge on any atom is 0.254 e. The molecule has 0 N–H and O–H groups in total. The van der Waals surface area contributed by atoms with Crippen molar-refractivity contribution in [2.75, 3.05) is 33.4 Å². The summed E-state index contributed by atoms with van der Waals surface area (Å²) in [6.45, 7) is 5.54. The molecule has 1 amide bonds. The molecule has 0 spiro atoms. The molecule has 0 saturated carbocycles. The smallest absolute Gasteiger partial charge is 0.254 e. The minimum absolute atomic E-state index is 0.0603. The first kappa shape index (κ1) is 25.5. The second-order valence-electron chi connectivity index (χ2n) is 7.87. The van der Waals surface area contributed by atoms with Crippen LogP contribution in [0.3, 0.4) is 0 Å². The van der Waals surface area contributed by atoms with E-state index in [4.69, 9.17) is 21.1 Å². The van der Waals surface area contributed by atoms with Crippen molar-refractivity contribution >= 4 is 27.5 Å². The Balaban J connectivity index is 1.96. The van der Waals surface area contributed by atoms with Crippen LogP contribution in [0.2, 0.25) is 5.02 Å². The zero-order valence-electron chi connectivity index (χ0n) is 19.3. The third kappa shape index (κ3) is 5.87. The molecule has 180 valence electrons. The molecule has 0 aromatic heterocycles. The first-order chi connectivity index (χ1) is 15.8. The summed E-state index contributed by atoms with van der Waals surface area (Å²) < 4.78 is 38.7. The van der Waals surface area contributed by atoms with Gasteiger partial charge in [0, 0.05) is 43.9 Å². The number of hydrogen-bond donors (Lipinski definition) is 0. The first-order valence-electron chi connectivity index (χ1n) is 11.1. The summed E-state index contributed by atoms with van der Waals surface area (Å²) in [7, 11) is -2.23. The van der Waals surface area contributed by atoms with Gasteiger partial charge in [-0.15, -0.1) is 0 Å². The molecular formula is C24H31ClN2O5S. The van der Waals surface area contributed by atoms with Gasteiger partial charge in [-0.1, -0.05) is 43.6 Å². The number of amides is 1. The van der Waals surface area contributed by atoms with Crippen LogP contribution in [-0.2, 0) is 21.3 Å². The van der Waals surface area contributed by atoms with Crippen LogP contribution in [0, 0.1) is 0 Å². The summed E-state index contributed by atoms with van der Waals surface area (Å²) in [5.41, 5.74) is 1.12. The Morgan fingerprint density at radius 3 is 2.55 bits per heavy atom. The summed E-state index contributed by atoms with van der Waals surface area (Å²) in [6.07, 6.45) is 1.77. The van der Waals surface area contributed by atoms with Crippen molar-refractivity contribution in [3.63, 3.8) is 0 Å². The number of para-hydroxylation sites is 1. The maximum absolute atomic E-state index is 13.6. The fourth-order valence-corrected chi connectivity index (χ4v) is 5.97. The topological polar surface area (TPSA) is 76.2 Å². The van der Waals surface area contributed by atoms with Gasteiger partial charge in [0.2, 0.25) is 10.0 Å². The molecule has 1 heterocycles. The first-order valence-corrected chi connectivity index (χ1v) is 13.0. The molecule has 1 unspecified atom stereocenters. The number of benzene rings is 2. The van der Waals surface area contributed by atoms with E-state index in [1.165, 1.54) is 16.4 Å². The number of hydrogen-bond acceptors (Lipinski definition) is 5. The normalized spacial score (nSPS) is 16.2. The second kappa shape index (κ2) is 11.3. The molecule has 1 atom stereocenters. The minimum Gasteiger partial charge on any atom is -0.496 e. The average Bonchev–Trinajstić information content (AvgIpc) is 3.32. The Morgan fingerprint density at radius 2 is 1.91 bits per heavy atom. The van der Waals surface area contributed by atoms with E-state index in [-0.39, 0.29) is 27.5 Å². The number of rotatable bonds is 10. The number of carbonyl (C=O) groups excluding carboxylic acids is 1. The van der Waals surface area contributed by atoms with Gasteiger partial charge in [-0.25, -0.2) is 8.42 Å². The fraction of sp³-hybridized carbons (Fsp3) is 0.458. The molecule has 33 heavy (non-hydrogen) atoms. The zero-order valence-corrected chi connectivity index (χ0v) is 20.9. The van der Waals surface area contributed by atoms with Crippen LogP contribution < -0.4 is 4.74 Å². The molecule has 1 fully saturated rings. The van der Waals surface area contributed by atoms with Crippen molar-refractivity contribution < 1.29 is 22.7 Å². The number of methoxy groups -OCH3 is 1. The van der Waals surface area contributed by atoms with Gasteiger partial charge in [0.15, 0.2) is 0 Å². The van der Waals surface area contributed by atoms with Crippen molar-refractivity contribution in [2.45, 2.75) is 44.2 Å². The Morgan fingerprint density at radius 1 is 1.18 bits per heavy atom. The van der Waals surface area contributed by atoms with Crippen molar-refractivity contribution in [2.24, 2.45) is 0 Å². The zero-order chi connectivity index (χ0) is 24.0. The number of carbonyl (C=O) groups is 1. The predicted octanol–water partition coefficient (Wildman–Crippen LogP) is 4.20. The van der Waals surface area contributed by atoms with Crippen molar-refractivity contribution in [3.8, 4) is 5.75 Å². The Labute approximate surface area is 201 Å². The third-order valence-corrected chi connectivity index (χ3v) is 8.32. The molecule has 7 nitrogen and oxygen atoms in total. The molecule has 2 aromatic rings. The van der Waals surface area contributed by atoms with Gasteiger partial charge in [-0.3, -0.25) is 4.79 Å². The van der Waals surface area contributed by atoms with Gasteiger partial charge in [-0.05, 0) is 37.1 Å². The molecule has 0 aliphatic carbocycles. The maximum atomic E-state index is 13.6. The quantitative estimate of drug-likeness (QED) is 0.494. The number of halogens is 1. The molecule has 0 bridgehead atoms. The molecule has 2 aromatic carbocycles. The van der Waals surface area contributed by atoms with Crippen LogP contribution in [0.4, 0.5) is 0 Å². The van der Waals surface area contributed by atoms with Gasteiger partial charge < -0.3 is 14.4 Å². The summed E-state index contributed by atoms with van der Waals surface area (Å²) in [5.74, 6) is 0.396. The van der Waals surface area contributed by atoms with Gasteiger partial charge in [0.25, 0.3) is 5.91 Å². The lowest BCUT2D eigenvalue weighted by Crippen LogP contribution is -2.37. The van der Waals surface area contributed by atoms with E-state index in [0.717, 1.165) is 18.4 Å². The Bertz CT molecular complexity index is 1070. The van der Waals surface area contributed by atoms with E-state index in [1.54, 1.807) is 31.9 Å². The second-order valence-corrected chi connectivity index (χ2v) is 10.2. The lowest BCUT2D eigenvalue weighted by molar-refractivity contribution is 0.0505. The third-order valence-electron chi connectivity index (χ3n) is 5.79. The molecule has 3 rings (SSSR count). The fourth-order valence-electron chi connectivity index (χ4n) is 4.01. The largest absolute Gasteiger partial charge is 0.496 e. The summed E-state index contributed by atoms with van der Waals surface area (Å²) in [4.78, 5) is 15.2. The van der Waals surface area contributed by atoms with Gasteiger partial charge in [0.05, 0.1) is 18.2 Å². The average molecular weight is 495 g/mol. The van der Waals surface area contributed by atoms with Gasteiger partial charge in [-0.2, -0.15) is 4.31 Å². The van der Waals surface area contributed by atoms with Crippen LogP contribution >= 0.6 is 11.6 Å². The monoisotopic (exact) mass is 494 g/mol. The number of ether oxygens (including phenoxy) is 2. The van der Waals surface area contributed by atoms with E-state index in [0.29, 0.717) is 38.5 Å². The standard InChI is InChI=1S/C24H31ClN2O5S/c1-4-27(5-2)33(29,30)23-15-18(12-13-21(23)25)24(28)26(17-20-10-8-14-32-20)16-19-9-6-7-11-22(19)31-3/h6-7,9,11-13,15,20H,4-5,8,10,14,16-17H2,1-3H3. The van der Waals surface area contributed by atoms with Crippen LogP contribution in [0.1, 0.15) is 42.6 Å². The summed E-state index contributed by atoms with van der Waals surface area (Å²) >= 11 is 6.26. The highest BCUT2D eigenvalue weighted by molar-refractivity contribution is 7.89. The number of sulfonamides is 1. The predicted molar refractivity (Wildman–Crippen MR) is 128 cm³/mol. The summed E-state index contributed by atoms with van der Waals surface area (Å²) in [5, 5.41) is 0.0915. The molecular weight excluding hydrogens is 464 g/mol. The van der Waals surface area contributed by atoms with E-state index in [2.05, 4.69) is 0 Å². The number of nitrogens with zero attached hydrogens (tertiary/aromatic N) is 2. The Hall–Kier alpha value is -2.13. The highest BCUT2D eigenvalue weighted by Crippen LogP contribution is 2.28. The lowest BCUT2D eigenvalue weighted by Gasteiger charge is -2.27. The highest BCUT2D eigenvalue weighted by atomic mass is 35.5. The molecule has 1 aliphatic rings. The molecule has 0 radical (unpaired) electrons. The van der Waals surface area contributed by atoms with E-state index < -0.39 is 10.0 Å². The van der Waals surface area contributed by atoms with Crippen LogP contribution in [0.25, 0.3) is 0 Å². The molecule has 9 heteroatoms. The molecule has 1 saturated heterocycles. The van der Waals surface area contributed by atoms with E-state index >= 15 is 0 Å². The van der Waals surface area contributed by atoms with Crippen LogP contribution in [0.5, 0.6) is 5.75 Å². The lowest BCUT2D eigenvalue weighted by atomic mass is 10.1. The van der Waals surface area contributed by atoms with Gasteiger partial charge >= 0.3 is 0 Å². The van der Waals surface area contributed by atoms with Crippen LogP contribution in [0.15, 0.2) is 47.4 Å². The SMILES string of the molecule is CCN(CC)S(=O)(=O)c1cc(C(=O)N(Cc2ccccc2OC)CC2CCCO2)ccc1Cl. The Kier molecular flexibility index (Phi) is 8.75. The van der Waals surface area contributed by atoms with E-state index in [1.807, 2.05) is 24.3 Å². The van der Waals surface area contributed by atoms with Crippen molar-refractivity contribution in [1.82, 2.24) is 9.21 Å². The van der Waals surface area contributed by atoms with Gasteiger partial charge in [0.1, 0.15) is 10.6 Å².